The molecule has 0 spiro atoms. The fourth-order valence-electron chi connectivity index (χ4n) is 1.87. The van der Waals surface area contributed by atoms with Gasteiger partial charge in [-0.25, -0.2) is 8.42 Å². The number of benzene rings is 1. The van der Waals surface area contributed by atoms with Gasteiger partial charge in [0.05, 0.1) is 16.9 Å². The zero-order chi connectivity index (χ0) is 16.2. The highest BCUT2D eigenvalue weighted by atomic mass is 32.2. The molecule has 116 valence electrons. The number of carboxylic acid groups (broad SMARTS) is 1. The number of aliphatic carboxylic acids is 1. The normalized spacial score (nSPS) is 11.1. The molecule has 0 saturated heterocycles. The van der Waals surface area contributed by atoms with E-state index in [2.05, 4.69) is 0 Å². The molecule has 1 aromatic carbocycles. The van der Waals surface area contributed by atoms with Crippen molar-refractivity contribution in [1.82, 2.24) is 0 Å². The molecule has 0 fully saturated rings. The lowest BCUT2D eigenvalue weighted by atomic mass is 10.1. The van der Waals surface area contributed by atoms with Gasteiger partial charge in [0.2, 0.25) is 10.0 Å². The van der Waals surface area contributed by atoms with Gasteiger partial charge in [-0.2, -0.15) is 0 Å². The van der Waals surface area contributed by atoms with Gasteiger partial charge in [0.15, 0.2) is 0 Å². The average molecular weight is 316 g/mol. The topological polar surface area (TPSA) is 118 Å². The van der Waals surface area contributed by atoms with Crippen LogP contribution in [0.1, 0.15) is 18.4 Å². The number of carbonyl (C=O) groups is 1. The molecule has 0 amide bonds. The molecule has 1 rings (SSSR count). The Bertz CT molecular complexity index is 656. The van der Waals surface area contributed by atoms with Crippen LogP contribution in [-0.2, 0) is 14.8 Å². The van der Waals surface area contributed by atoms with E-state index in [9.17, 15) is 23.3 Å². The summed E-state index contributed by atoms with van der Waals surface area (Å²) in [4.78, 5) is 20.6. The average Bonchev–Trinajstić information content (AvgIpc) is 2.33. The zero-order valence-corrected chi connectivity index (χ0v) is 12.5. The lowest BCUT2D eigenvalue weighted by Crippen LogP contribution is -2.31. The third-order valence-electron chi connectivity index (χ3n) is 2.81. The van der Waals surface area contributed by atoms with Gasteiger partial charge in [-0.05, 0) is 25.0 Å². The van der Waals surface area contributed by atoms with Gasteiger partial charge in [-0.15, -0.1) is 0 Å². The van der Waals surface area contributed by atoms with Crippen LogP contribution in [0.15, 0.2) is 18.2 Å². The molecule has 9 heteroatoms. The lowest BCUT2D eigenvalue weighted by molar-refractivity contribution is -0.384. The molecule has 0 atom stereocenters. The van der Waals surface area contributed by atoms with Crippen LogP contribution in [0, 0.1) is 17.0 Å². The number of nitrogens with zero attached hydrogens (tertiary/aromatic N) is 2. The van der Waals surface area contributed by atoms with Gasteiger partial charge < -0.3 is 5.11 Å². The van der Waals surface area contributed by atoms with E-state index in [-0.39, 0.29) is 25.1 Å². The molecule has 0 aliphatic rings. The van der Waals surface area contributed by atoms with Crippen molar-refractivity contribution in [3.63, 3.8) is 0 Å². The van der Waals surface area contributed by atoms with Crippen LogP contribution in [-0.4, -0.2) is 37.2 Å². The summed E-state index contributed by atoms with van der Waals surface area (Å²) in [5, 5.41) is 19.3. The van der Waals surface area contributed by atoms with E-state index in [0.717, 1.165) is 10.6 Å². The molecule has 0 radical (unpaired) electrons. The van der Waals surface area contributed by atoms with Gasteiger partial charge in [0, 0.05) is 25.1 Å². The first-order valence-corrected chi connectivity index (χ1v) is 7.92. The Labute approximate surface area is 122 Å². The Hall–Kier alpha value is -2.16. The first kappa shape index (κ1) is 16.9. The van der Waals surface area contributed by atoms with E-state index in [1.54, 1.807) is 6.92 Å². The van der Waals surface area contributed by atoms with Gasteiger partial charge in [-0.3, -0.25) is 19.2 Å². The largest absolute Gasteiger partial charge is 0.481 e. The standard InChI is InChI=1S/C12H16N2O6S/c1-9-8-10(14(17)18)5-6-11(9)13(21(2,19)20)7-3-4-12(15)16/h5-6,8H,3-4,7H2,1-2H3,(H,15,16). The molecule has 1 N–H and O–H groups in total. The summed E-state index contributed by atoms with van der Waals surface area (Å²) in [6.45, 7) is 1.57. The van der Waals surface area contributed by atoms with Gasteiger partial charge in [-0.1, -0.05) is 0 Å². The van der Waals surface area contributed by atoms with Gasteiger partial charge in [0.25, 0.3) is 5.69 Å². The van der Waals surface area contributed by atoms with Crippen LogP contribution >= 0.6 is 0 Å². The van der Waals surface area contributed by atoms with Crippen molar-refractivity contribution in [2.45, 2.75) is 19.8 Å². The van der Waals surface area contributed by atoms with E-state index < -0.39 is 20.9 Å². The number of sulfonamides is 1. The van der Waals surface area contributed by atoms with E-state index in [1.165, 1.54) is 18.2 Å². The van der Waals surface area contributed by atoms with Crippen molar-refractivity contribution in [3.05, 3.63) is 33.9 Å². The van der Waals surface area contributed by atoms with Crippen molar-refractivity contribution in [1.29, 1.82) is 0 Å². The predicted octanol–water partition coefficient (Wildman–Crippen LogP) is 1.53. The van der Waals surface area contributed by atoms with Gasteiger partial charge >= 0.3 is 5.97 Å². The Morgan fingerprint density at radius 1 is 1.43 bits per heavy atom. The maximum absolute atomic E-state index is 11.8. The second kappa shape index (κ2) is 6.53. The molecule has 0 saturated carbocycles. The Morgan fingerprint density at radius 3 is 2.48 bits per heavy atom. The van der Waals surface area contributed by atoms with Crippen LogP contribution in [0.2, 0.25) is 0 Å². The molecule has 8 nitrogen and oxygen atoms in total. The second-order valence-corrected chi connectivity index (χ2v) is 6.47. The number of anilines is 1. The highest BCUT2D eigenvalue weighted by Gasteiger charge is 2.20. The van der Waals surface area contributed by atoms with Crippen LogP contribution in [0.5, 0.6) is 0 Å². The summed E-state index contributed by atoms with van der Waals surface area (Å²) in [6.07, 6.45) is 1.01. The molecule has 0 aliphatic heterocycles. The fraction of sp³-hybridized carbons (Fsp3) is 0.417. The molecule has 1 aromatic rings. The van der Waals surface area contributed by atoms with Crippen molar-refractivity contribution >= 4 is 27.4 Å². The number of nitro benzene ring substituents is 1. The zero-order valence-electron chi connectivity index (χ0n) is 11.6. The fourth-order valence-corrected chi connectivity index (χ4v) is 2.89. The van der Waals surface area contributed by atoms with Crippen LogP contribution in [0.25, 0.3) is 0 Å². The minimum absolute atomic E-state index is 0.00375. The highest BCUT2D eigenvalue weighted by molar-refractivity contribution is 7.92. The molecule has 0 aromatic heterocycles. The highest BCUT2D eigenvalue weighted by Crippen LogP contribution is 2.26. The van der Waals surface area contributed by atoms with Crippen molar-refractivity contribution in [2.24, 2.45) is 0 Å². The summed E-state index contributed by atoms with van der Waals surface area (Å²) in [5.74, 6) is -1.01. The molecular formula is C12H16N2O6S. The SMILES string of the molecule is Cc1cc([N+](=O)[O-])ccc1N(CCCC(=O)O)S(C)(=O)=O. The van der Waals surface area contributed by atoms with E-state index in [1.807, 2.05) is 0 Å². The van der Waals surface area contributed by atoms with Crippen molar-refractivity contribution in [3.8, 4) is 0 Å². The third-order valence-corrected chi connectivity index (χ3v) is 3.99. The maximum Gasteiger partial charge on any atom is 0.303 e. The Kier molecular flexibility index (Phi) is 5.25. The van der Waals surface area contributed by atoms with Crippen LogP contribution in [0.3, 0.4) is 0 Å². The quantitative estimate of drug-likeness (QED) is 0.602. The smallest absolute Gasteiger partial charge is 0.303 e. The summed E-state index contributed by atoms with van der Waals surface area (Å²) in [5.41, 5.74) is 0.619. The molecule has 21 heavy (non-hydrogen) atoms. The lowest BCUT2D eigenvalue weighted by Gasteiger charge is -2.23. The number of hydrogen-bond acceptors (Lipinski definition) is 5. The van der Waals surface area contributed by atoms with Crippen LogP contribution in [0.4, 0.5) is 11.4 Å². The second-order valence-electron chi connectivity index (χ2n) is 4.56. The summed E-state index contributed by atoms with van der Waals surface area (Å²) >= 11 is 0. The van der Waals surface area contributed by atoms with Gasteiger partial charge in [0.1, 0.15) is 0 Å². The van der Waals surface area contributed by atoms with Crippen molar-refractivity contribution in [2.75, 3.05) is 17.1 Å². The molecular weight excluding hydrogens is 300 g/mol. The first-order valence-electron chi connectivity index (χ1n) is 6.07. The minimum atomic E-state index is -3.60. The number of nitro groups is 1. The molecule has 0 heterocycles. The first-order chi connectivity index (χ1) is 9.62. The van der Waals surface area contributed by atoms with E-state index in [4.69, 9.17) is 5.11 Å². The Balaban J connectivity index is 3.10. The monoisotopic (exact) mass is 316 g/mol. The van der Waals surface area contributed by atoms with Crippen LogP contribution < -0.4 is 4.31 Å². The summed E-state index contributed by atoms with van der Waals surface area (Å²) < 4.78 is 24.7. The van der Waals surface area contributed by atoms with E-state index >= 15 is 0 Å². The molecule has 0 unspecified atom stereocenters. The number of non-ortho nitro benzene ring substituents is 1. The molecule has 0 aliphatic carbocycles. The number of carboxylic acids is 1. The maximum atomic E-state index is 11.8. The Morgan fingerprint density at radius 2 is 2.05 bits per heavy atom. The van der Waals surface area contributed by atoms with E-state index in [0.29, 0.717) is 11.3 Å². The minimum Gasteiger partial charge on any atom is -0.481 e. The third kappa shape index (κ3) is 4.71. The number of rotatable bonds is 7. The number of aryl methyl sites for hydroxylation is 1. The summed E-state index contributed by atoms with van der Waals surface area (Å²) in [6, 6.07) is 3.86. The molecule has 0 bridgehead atoms. The van der Waals surface area contributed by atoms with Crippen molar-refractivity contribution < 1.29 is 23.2 Å². The number of hydrogen-bond donors (Lipinski definition) is 1. The summed E-state index contributed by atoms with van der Waals surface area (Å²) in [7, 11) is -3.60. The predicted molar refractivity (Wildman–Crippen MR) is 76.9 cm³/mol.